The molecule has 1 aromatic rings. The van der Waals surface area contributed by atoms with Crippen LogP contribution in [0.5, 0.6) is 0 Å². The second-order valence-electron chi connectivity index (χ2n) is 5.96. The van der Waals surface area contributed by atoms with Crippen molar-refractivity contribution in [2.75, 3.05) is 0 Å². The lowest BCUT2D eigenvalue weighted by Crippen LogP contribution is -2.38. The van der Waals surface area contributed by atoms with Crippen LogP contribution in [0.2, 0.25) is 0 Å². The van der Waals surface area contributed by atoms with E-state index in [1.165, 1.54) is 11.1 Å². The van der Waals surface area contributed by atoms with Crippen LogP contribution in [0.1, 0.15) is 50.4 Å². The molecule has 3 heteroatoms. The third kappa shape index (κ3) is 1.88. The van der Waals surface area contributed by atoms with E-state index >= 15 is 0 Å². The Morgan fingerprint density at radius 2 is 2.11 bits per heavy atom. The molecule has 3 nitrogen and oxygen atoms in total. The van der Waals surface area contributed by atoms with Crippen LogP contribution in [0.25, 0.3) is 0 Å². The zero-order valence-electron chi connectivity index (χ0n) is 11.9. The van der Waals surface area contributed by atoms with Crippen LogP contribution >= 0.6 is 0 Å². The van der Waals surface area contributed by atoms with Gasteiger partial charge in [0.15, 0.2) is 0 Å². The van der Waals surface area contributed by atoms with Crippen molar-refractivity contribution in [3.05, 3.63) is 35.4 Å². The Morgan fingerprint density at radius 1 is 1.42 bits per heavy atom. The number of amides is 1. The predicted molar refractivity (Wildman–Crippen MR) is 75.6 cm³/mol. The Balaban J connectivity index is 1.99. The van der Waals surface area contributed by atoms with Crippen molar-refractivity contribution in [1.29, 1.82) is 0 Å². The van der Waals surface area contributed by atoms with Crippen LogP contribution in [-0.4, -0.2) is 22.4 Å². The molecule has 1 spiro atoms. The van der Waals surface area contributed by atoms with Gasteiger partial charge in [0.05, 0.1) is 0 Å². The van der Waals surface area contributed by atoms with E-state index in [4.69, 9.17) is 0 Å². The monoisotopic (exact) mass is 258 g/mol. The molecule has 19 heavy (non-hydrogen) atoms. The van der Waals surface area contributed by atoms with Crippen LogP contribution in [0.15, 0.2) is 24.3 Å². The molecule has 1 saturated carbocycles. The molecule has 102 valence electrons. The predicted octanol–water partition coefficient (Wildman–Crippen LogP) is 2.76. The van der Waals surface area contributed by atoms with E-state index in [2.05, 4.69) is 55.3 Å². The number of carbonyl (C=O) groups is 1. The summed E-state index contributed by atoms with van der Waals surface area (Å²) in [5.41, 5.74) is 2.25. The minimum atomic E-state index is -0.240. The van der Waals surface area contributed by atoms with Gasteiger partial charge in [-0.3, -0.25) is 10.1 Å². The summed E-state index contributed by atoms with van der Waals surface area (Å²) in [6.07, 6.45) is 3.01. The molecule has 1 saturated heterocycles. The highest BCUT2D eigenvalue weighted by Crippen LogP contribution is 2.47. The molecule has 1 N–H and O–H groups in total. The molecular formula is C16H22N2O. The van der Waals surface area contributed by atoms with Crippen molar-refractivity contribution in [2.24, 2.45) is 0 Å². The molecule has 2 fully saturated rings. The summed E-state index contributed by atoms with van der Waals surface area (Å²) in [7, 11) is 0. The number of nitrogens with zero attached hydrogens (tertiary/aromatic N) is 1. The molecule has 1 aliphatic heterocycles. The summed E-state index contributed by atoms with van der Waals surface area (Å²) >= 11 is 0. The second kappa shape index (κ2) is 4.34. The average Bonchev–Trinajstić information content (AvgIpc) is 3.13. The lowest BCUT2D eigenvalue weighted by Gasteiger charge is -2.30. The number of hydrogen-bond acceptors (Lipinski definition) is 2. The number of aryl methyl sites for hydroxylation is 1. The van der Waals surface area contributed by atoms with Crippen molar-refractivity contribution in [3.63, 3.8) is 0 Å². The maximum absolute atomic E-state index is 12.6. The van der Waals surface area contributed by atoms with Crippen LogP contribution in [0, 0.1) is 6.92 Å². The van der Waals surface area contributed by atoms with E-state index in [1.807, 2.05) is 0 Å². The standard InChI is InChI=1S/C16H22N2O/c1-4-12(3)18-14(13-8-6-5-7-11(13)2)17-16(9-10-16)15(18)19/h5-8,12,14,17H,4,9-10H2,1-3H3. The van der Waals surface area contributed by atoms with Gasteiger partial charge in [-0.1, -0.05) is 31.2 Å². The Labute approximate surface area is 115 Å². The molecule has 1 aromatic carbocycles. The van der Waals surface area contributed by atoms with Crippen molar-refractivity contribution in [1.82, 2.24) is 10.2 Å². The third-order valence-corrected chi connectivity index (χ3v) is 4.63. The smallest absolute Gasteiger partial charge is 0.244 e. The summed E-state index contributed by atoms with van der Waals surface area (Å²) in [6.45, 7) is 6.41. The lowest BCUT2D eigenvalue weighted by molar-refractivity contribution is -0.132. The first-order chi connectivity index (χ1) is 9.09. The van der Waals surface area contributed by atoms with Crippen molar-refractivity contribution in [2.45, 2.75) is 57.8 Å². The minimum absolute atomic E-state index is 0.0474. The van der Waals surface area contributed by atoms with E-state index in [0.717, 1.165) is 19.3 Å². The fourth-order valence-electron chi connectivity index (χ4n) is 3.01. The summed E-state index contributed by atoms with van der Waals surface area (Å²) < 4.78 is 0. The molecule has 1 heterocycles. The minimum Gasteiger partial charge on any atom is -0.319 e. The molecular weight excluding hydrogens is 236 g/mol. The van der Waals surface area contributed by atoms with Gasteiger partial charge in [0, 0.05) is 6.04 Å². The molecule has 3 rings (SSSR count). The molecule has 1 aliphatic carbocycles. The second-order valence-corrected chi connectivity index (χ2v) is 5.96. The zero-order chi connectivity index (χ0) is 13.6. The Bertz CT molecular complexity index is 507. The summed E-state index contributed by atoms with van der Waals surface area (Å²) in [5, 5.41) is 3.59. The molecule has 2 atom stereocenters. The maximum atomic E-state index is 12.6. The van der Waals surface area contributed by atoms with E-state index in [9.17, 15) is 4.79 Å². The van der Waals surface area contributed by atoms with E-state index in [0.29, 0.717) is 5.91 Å². The fourth-order valence-corrected chi connectivity index (χ4v) is 3.01. The van der Waals surface area contributed by atoms with E-state index in [1.54, 1.807) is 0 Å². The largest absolute Gasteiger partial charge is 0.319 e. The van der Waals surface area contributed by atoms with E-state index < -0.39 is 0 Å². The fraction of sp³-hybridized carbons (Fsp3) is 0.562. The molecule has 2 aliphatic rings. The Kier molecular flexibility index (Phi) is 2.90. The number of nitrogens with one attached hydrogen (secondary N) is 1. The van der Waals surface area contributed by atoms with Gasteiger partial charge in [-0.05, 0) is 44.2 Å². The van der Waals surface area contributed by atoms with Gasteiger partial charge >= 0.3 is 0 Å². The molecule has 0 aromatic heterocycles. The molecule has 2 unspecified atom stereocenters. The Morgan fingerprint density at radius 3 is 2.68 bits per heavy atom. The van der Waals surface area contributed by atoms with Gasteiger partial charge in [-0.25, -0.2) is 0 Å². The average molecular weight is 258 g/mol. The van der Waals surface area contributed by atoms with Crippen LogP contribution < -0.4 is 5.32 Å². The molecule has 0 bridgehead atoms. The molecule has 0 radical (unpaired) electrons. The third-order valence-electron chi connectivity index (χ3n) is 4.63. The first kappa shape index (κ1) is 12.7. The zero-order valence-corrected chi connectivity index (χ0v) is 11.9. The van der Waals surface area contributed by atoms with Crippen LogP contribution in [0.3, 0.4) is 0 Å². The topological polar surface area (TPSA) is 32.3 Å². The van der Waals surface area contributed by atoms with Gasteiger partial charge < -0.3 is 4.90 Å². The quantitative estimate of drug-likeness (QED) is 0.904. The first-order valence-electron chi connectivity index (χ1n) is 7.25. The van der Waals surface area contributed by atoms with Gasteiger partial charge in [0.25, 0.3) is 0 Å². The van der Waals surface area contributed by atoms with Crippen molar-refractivity contribution >= 4 is 5.91 Å². The van der Waals surface area contributed by atoms with Crippen molar-refractivity contribution < 1.29 is 4.79 Å². The van der Waals surface area contributed by atoms with Crippen LogP contribution in [0.4, 0.5) is 0 Å². The Hall–Kier alpha value is -1.35. The highest BCUT2D eigenvalue weighted by Gasteiger charge is 2.60. The SMILES string of the molecule is CCC(C)N1C(=O)C2(CC2)NC1c1ccccc1C. The molecule has 1 amide bonds. The van der Waals surface area contributed by atoms with Gasteiger partial charge in [-0.15, -0.1) is 0 Å². The highest BCUT2D eigenvalue weighted by molar-refractivity contribution is 5.92. The van der Waals surface area contributed by atoms with Gasteiger partial charge in [-0.2, -0.15) is 0 Å². The summed E-state index contributed by atoms with van der Waals surface area (Å²) in [5.74, 6) is 0.301. The van der Waals surface area contributed by atoms with Gasteiger partial charge in [0.2, 0.25) is 5.91 Å². The maximum Gasteiger partial charge on any atom is 0.244 e. The number of benzene rings is 1. The number of carbonyl (C=O) groups excluding carboxylic acids is 1. The number of hydrogen-bond donors (Lipinski definition) is 1. The first-order valence-corrected chi connectivity index (χ1v) is 7.25. The highest BCUT2D eigenvalue weighted by atomic mass is 16.2. The summed E-state index contributed by atoms with van der Waals surface area (Å²) in [6, 6.07) is 8.65. The van der Waals surface area contributed by atoms with E-state index in [-0.39, 0.29) is 17.7 Å². The van der Waals surface area contributed by atoms with Crippen molar-refractivity contribution in [3.8, 4) is 0 Å². The van der Waals surface area contributed by atoms with Gasteiger partial charge in [0.1, 0.15) is 11.7 Å². The summed E-state index contributed by atoms with van der Waals surface area (Å²) in [4.78, 5) is 14.7. The lowest BCUT2D eigenvalue weighted by atomic mass is 10.0. The normalized spacial score (nSPS) is 25.9. The van der Waals surface area contributed by atoms with Crippen LogP contribution in [-0.2, 0) is 4.79 Å². The number of rotatable bonds is 3.